The van der Waals surface area contributed by atoms with Crippen LogP contribution in [-0.4, -0.2) is 19.2 Å². The Morgan fingerprint density at radius 2 is 1.82 bits per heavy atom. The molecule has 0 bridgehead atoms. The van der Waals surface area contributed by atoms with E-state index in [-0.39, 0.29) is 16.9 Å². The second-order valence-corrected chi connectivity index (χ2v) is 6.07. The fourth-order valence-corrected chi connectivity index (χ4v) is 2.57. The van der Waals surface area contributed by atoms with Gasteiger partial charge in [-0.3, -0.25) is 0 Å². The van der Waals surface area contributed by atoms with Crippen molar-refractivity contribution in [1.82, 2.24) is 0 Å². The molecule has 0 unspecified atom stereocenters. The predicted molar refractivity (Wildman–Crippen MR) is 97.2 cm³/mol. The van der Waals surface area contributed by atoms with E-state index in [0.717, 1.165) is 25.7 Å². The van der Waals surface area contributed by atoms with Crippen molar-refractivity contribution < 1.29 is 31.9 Å². The average Bonchev–Trinajstić information content (AvgIpc) is 2.62. The Kier molecular flexibility index (Phi) is 7.66. The van der Waals surface area contributed by atoms with Gasteiger partial charge in [-0.05, 0) is 44.7 Å². The number of ether oxygens (including phenoxy) is 2. The predicted octanol–water partition coefficient (Wildman–Crippen LogP) is 4.87. The lowest BCUT2D eigenvalue weighted by Gasteiger charge is -2.11. The van der Waals surface area contributed by atoms with Crippen LogP contribution in [0.15, 0.2) is 45.6 Å². The van der Waals surface area contributed by atoms with Crippen molar-refractivity contribution in [2.75, 3.05) is 13.2 Å². The maximum atomic E-state index is 13.0. The van der Waals surface area contributed by atoms with Gasteiger partial charge in [0.15, 0.2) is 0 Å². The maximum Gasteiger partial charge on any atom is 0.417 e. The molecule has 0 atom stereocenters. The molecule has 0 aliphatic rings. The summed E-state index contributed by atoms with van der Waals surface area (Å²) in [4.78, 5) is 22.5. The van der Waals surface area contributed by atoms with Crippen LogP contribution in [0.2, 0.25) is 0 Å². The molecular formula is C20H21F3O5. The third-order valence-corrected chi connectivity index (χ3v) is 3.88. The fourth-order valence-electron chi connectivity index (χ4n) is 2.57. The van der Waals surface area contributed by atoms with E-state index in [2.05, 4.69) is 0 Å². The Labute approximate surface area is 159 Å². The highest BCUT2D eigenvalue weighted by atomic mass is 19.4. The van der Waals surface area contributed by atoms with Gasteiger partial charge < -0.3 is 13.9 Å². The third-order valence-electron chi connectivity index (χ3n) is 3.88. The van der Waals surface area contributed by atoms with Crippen molar-refractivity contribution in [3.63, 3.8) is 0 Å². The Morgan fingerprint density at radius 3 is 2.50 bits per heavy atom. The number of esters is 1. The van der Waals surface area contributed by atoms with E-state index in [4.69, 9.17) is 13.9 Å². The lowest BCUT2D eigenvalue weighted by molar-refractivity contribution is -0.138. The van der Waals surface area contributed by atoms with Crippen molar-refractivity contribution in [3.8, 4) is 5.75 Å². The van der Waals surface area contributed by atoms with E-state index < -0.39 is 17.4 Å². The van der Waals surface area contributed by atoms with Crippen LogP contribution in [-0.2, 0) is 15.7 Å². The Bertz CT molecular complexity index is 884. The van der Waals surface area contributed by atoms with E-state index in [1.54, 1.807) is 13.0 Å². The lowest BCUT2D eigenvalue weighted by Crippen LogP contribution is -2.11. The van der Waals surface area contributed by atoms with E-state index in [1.807, 2.05) is 0 Å². The van der Waals surface area contributed by atoms with Gasteiger partial charge in [0.25, 0.3) is 0 Å². The summed E-state index contributed by atoms with van der Waals surface area (Å²) < 4.78 is 54.4. The number of carbonyl (C=O) groups is 1. The zero-order valence-electron chi connectivity index (χ0n) is 15.4. The number of hydrogen-bond donors (Lipinski definition) is 0. The minimum absolute atomic E-state index is 0.166. The molecule has 1 aromatic heterocycles. The highest BCUT2D eigenvalue weighted by molar-refractivity contribution is 5.82. The molecule has 1 heterocycles. The van der Waals surface area contributed by atoms with Gasteiger partial charge in [0.2, 0.25) is 0 Å². The molecule has 2 aromatic rings. The quantitative estimate of drug-likeness (QED) is 0.261. The van der Waals surface area contributed by atoms with E-state index in [1.165, 1.54) is 24.3 Å². The molecular weight excluding hydrogens is 377 g/mol. The van der Waals surface area contributed by atoms with Crippen LogP contribution in [0.25, 0.3) is 11.0 Å². The maximum absolute atomic E-state index is 13.0. The highest BCUT2D eigenvalue weighted by Gasteiger charge is 2.33. The van der Waals surface area contributed by atoms with Gasteiger partial charge in [-0.15, -0.1) is 0 Å². The van der Waals surface area contributed by atoms with Gasteiger partial charge in [0.1, 0.15) is 11.3 Å². The first kappa shape index (κ1) is 21.5. The Hall–Kier alpha value is -2.77. The van der Waals surface area contributed by atoms with E-state index in [9.17, 15) is 22.8 Å². The molecule has 0 N–H and O–H groups in total. The van der Waals surface area contributed by atoms with Crippen LogP contribution >= 0.6 is 0 Å². The highest BCUT2D eigenvalue weighted by Crippen LogP contribution is 2.34. The SMILES string of the molecule is CC=CC(=O)OCCCCCCOc1ccc2c(C(F)(F)F)cc(=O)oc2c1. The Balaban J connectivity index is 1.81. The molecule has 5 nitrogen and oxygen atoms in total. The topological polar surface area (TPSA) is 65.7 Å². The normalized spacial score (nSPS) is 11.9. The van der Waals surface area contributed by atoms with Gasteiger partial charge in [-0.2, -0.15) is 13.2 Å². The van der Waals surface area contributed by atoms with Crippen molar-refractivity contribution in [2.45, 2.75) is 38.8 Å². The lowest BCUT2D eigenvalue weighted by atomic mass is 10.1. The molecule has 0 saturated carbocycles. The molecule has 152 valence electrons. The molecule has 0 amide bonds. The smallest absolute Gasteiger partial charge is 0.417 e. The summed E-state index contributed by atoms with van der Waals surface area (Å²) in [5, 5.41) is -0.188. The second kappa shape index (κ2) is 9.96. The minimum Gasteiger partial charge on any atom is -0.493 e. The van der Waals surface area contributed by atoms with Gasteiger partial charge in [-0.1, -0.05) is 6.08 Å². The Morgan fingerprint density at radius 1 is 1.11 bits per heavy atom. The number of benzene rings is 1. The first-order valence-electron chi connectivity index (χ1n) is 8.88. The summed E-state index contributed by atoms with van der Waals surface area (Å²) >= 11 is 0. The monoisotopic (exact) mass is 398 g/mol. The largest absolute Gasteiger partial charge is 0.493 e. The van der Waals surface area contributed by atoms with Crippen LogP contribution < -0.4 is 10.4 Å². The number of fused-ring (bicyclic) bond motifs is 1. The number of unbranched alkanes of at least 4 members (excludes halogenated alkanes) is 3. The van der Waals surface area contributed by atoms with Gasteiger partial charge in [0.05, 0.1) is 18.8 Å². The number of allylic oxidation sites excluding steroid dienone is 1. The number of rotatable bonds is 9. The summed E-state index contributed by atoms with van der Waals surface area (Å²) in [6.07, 6.45) is 1.50. The second-order valence-electron chi connectivity index (χ2n) is 6.07. The number of halogens is 3. The zero-order chi connectivity index (χ0) is 20.6. The first-order chi connectivity index (χ1) is 13.3. The molecule has 0 saturated heterocycles. The zero-order valence-corrected chi connectivity index (χ0v) is 15.4. The summed E-state index contributed by atoms with van der Waals surface area (Å²) in [6, 6.07) is 4.37. The molecule has 28 heavy (non-hydrogen) atoms. The molecule has 0 fully saturated rings. The summed E-state index contributed by atoms with van der Waals surface area (Å²) in [7, 11) is 0. The van der Waals surface area contributed by atoms with Gasteiger partial charge >= 0.3 is 17.8 Å². The molecule has 0 radical (unpaired) electrons. The van der Waals surface area contributed by atoms with E-state index in [0.29, 0.717) is 25.0 Å². The van der Waals surface area contributed by atoms with Crippen molar-refractivity contribution in [2.24, 2.45) is 0 Å². The van der Waals surface area contributed by atoms with Crippen LogP contribution in [0.3, 0.4) is 0 Å². The van der Waals surface area contributed by atoms with Gasteiger partial charge in [-0.25, -0.2) is 9.59 Å². The summed E-state index contributed by atoms with van der Waals surface area (Å²) in [5.74, 6) is -0.0299. The molecule has 1 aromatic carbocycles. The molecule has 2 rings (SSSR count). The third kappa shape index (κ3) is 6.44. The standard InChI is InChI=1S/C20H21F3O5/c1-2-7-18(24)27-11-6-4-3-5-10-26-14-8-9-15-16(20(21,22)23)13-19(25)28-17(15)12-14/h2,7-9,12-13H,3-6,10-11H2,1H3. The molecule has 0 aliphatic heterocycles. The van der Waals surface area contributed by atoms with E-state index >= 15 is 0 Å². The fraction of sp³-hybridized carbons (Fsp3) is 0.400. The molecule has 8 heteroatoms. The van der Waals surface area contributed by atoms with Crippen molar-refractivity contribution in [3.05, 3.63) is 52.4 Å². The van der Waals surface area contributed by atoms with Crippen LogP contribution in [0.1, 0.15) is 38.2 Å². The summed E-state index contributed by atoms with van der Waals surface area (Å²) in [6.45, 7) is 2.46. The van der Waals surface area contributed by atoms with Crippen molar-refractivity contribution in [1.29, 1.82) is 0 Å². The van der Waals surface area contributed by atoms with Crippen molar-refractivity contribution >= 4 is 16.9 Å². The van der Waals surface area contributed by atoms with Crippen LogP contribution in [0.5, 0.6) is 5.75 Å². The van der Waals surface area contributed by atoms with Gasteiger partial charge in [0, 0.05) is 23.6 Å². The number of alkyl halides is 3. The average molecular weight is 398 g/mol. The number of hydrogen-bond acceptors (Lipinski definition) is 5. The molecule has 0 spiro atoms. The minimum atomic E-state index is -4.64. The first-order valence-corrected chi connectivity index (χ1v) is 8.88. The molecule has 0 aliphatic carbocycles. The van der Waals surface area contributed by atoms with Crippen LogP contribution in [0.4, 0.5) is 13.2 Å². The summed E-state index contributed by atoms with van der Waals surface area (Å²) in [5.41, 5.74) is -2.26. The van der Waals surface area contributed by atoms with Crippen LogP contribution in [0, 0.1) is 0 Å². The number of carbonyl (C=O) groups excluding carboxylic acids is 1.